The molecule has 0 atom stereocenters. The van der Waals surface area contributed by atoms with E-state index < -0.39 is 0 Å². The smallest absolute Gasteiger partial charge is 0.150 e. The summed E-state index contributed by atoms with van der Waals surface area (Å²) in [4.78, 5) is 7.49. The molecule has 22 heavy (non-hydrogen) atoms. The minimum absolute atomic E-state index is 0.328. The third-order valence-electron chi connectivity index (χ3n) is 4.58. The van der Waals surface area contributed by atoms with E-state index in [9.17, 15) is 5.11 Å². The molecule has 1 aromatic carbocycles. The van der Waals surface area contributed by atoms with E-state index in [2.05, 4.69) is 18.1 Å². The van der Waals surface area contributed by atoms with Crippen molar-refractivity contribution in [3.63, 3.8) is 0 Å². The molecule has 1 fully saturated rings. The molecule has 2 aromatic rings. The molecular formula is C17H25N3O2+2. The Morgan fingerprint density at radius 2 is 2.00 bits per heavy atom. The second kappa shape index (κ2) is 6.60. The number of methoxy groups -OCH3 is 1. The van der Waals surface area contributed by atoms with Crippen molar-refractivity contribution in [2.24, 2.45) is 0 Å². The van der Waals surface area contributed by atoms with Gasteiger partial charge in [0, 0.05) is 18.7 Å². The number of nitrogens with zero attached hydrogens (tertiary/aromatic N) is 1. The van der Waals surface area contributed by atoms with Gasteiger partial charge >= 0.3 is 0 Å². The number of aromatic hydroxyl groups is 1. The zero-order chi connectivity index (χ0) is 15.5. The molecule has 0 radical (unpaired) electrons. The van der Waals surface area contributed by atoms with Crippen LogP contribution in [0.2, 0.25) is 0 Å². The summed E-state index contributed by atoms with van der Waals surface area (Å²) in [6, 6.07) is 5.97. The summed E-state index contributed by atoms with van der Waals surface area (Å²) < 4.78 is 5.32. The van der Waals surface area contributed by atoms with Gasteiger partial charge < -0.3 is 19.6 Å². The first-order valence-corrected chi connectivity index (χ1v) is 7.91. The summed E-state index contributed by atoms with van der Waals surface area (Å²) in [6.45, 7) is 6.05. The monoisotopic (exact) mass is 303 g/mol. The number of piperazine rings is 1. The number of rotatable bonds is 4. The van der Waals surface area contributed by atoms with E-state index in [4.69, 9.17) is 4.74 Å². The number of hydrogen-bond donors (Lipinski definition) is 3. The van der Waals surface area contributed by atoms with Gasteiger partial charge in [-0.15, -0.1) is 0 Å². The quantitative estimate of drug-likeness (QED) is 0.679. The number of phenolic OH excluding ortho intramolecular Hbond substituents is 1. The Morgan fingerprint density at radius 1 is 1.23 bits per heavy atom. The third-order valence-corrected chi connectivity index (χ3v) is 4.58. The van der Waals surface area contributed by atoms with Crippen molar-refractivity contribution in [1.82, 2.24) is 4.98 Å². The van der Waals surface area contributed by atoms with Crippen LogP contribution >= 0.6 is 0 Å². The molecule has 2 heterocycles. The number of aromatic nitrogens is 1. The van der Waals surface area contributed by atoms with Crippen LogP contribution in [0.15, 0.2) is 24.4 Å². The van der Waals surface area contributed by atoms with Crippen molar-refractivity contribution in [2.45, 2.75) is 13.2 Å². The molecule has 0 bridgehead atoms. The zero-order valence-corrected chi connectivity index (χ0v) is 13.4. The van der Waals surface area contributed by atoms with Crippen LogP contribution in [-0.2, 0) is 17.9 Å². The van der Waals surface area contributed by atoms with Gasteiger partial charge in [-0.1, -0.05) is 6.07 Å². The fourth-order valence-corrected chi connectivity index (χ4v) is 3.25. The van der Waals surface area contributed by atoms with Crippen LogP contribution in [0, 0.1) is 0 Å². The van der Waals surface area contributed by atoms with Gasteiger partial charge in [-0.25, -0.2) is 0 Å². The van der Waals surface area contributed by atoms with Crippen LogP contribution in [-0.4, -0.2) is 50.4 Å². The molecule has 3 N–H and O–H groups in total. The summed E-state index contributed by atoms with van der Waals surface area (Å²) in [6.07, 6.45) is 1.73. The molecule has 1 aliphatic rings. The Hall–Kier alpha value is -1.69. The topological polar surface area (TPSA) is 51.2 Å². The maximum Gasteiger partial charge on any atom is 0.150 e. The van der Waals surface area contributed by atoms with Crippen molar-refractivity contribution in [2.75, 3.05) is 40.3 Å². The van der Waals surface area contributed by atoms with Gasteiger partial charge in [0.1, 0.15) is 38.2 Å². The highest BCUT2D eigenvalue weighted by Crippen LogP contribution is 2.30. The second-order valence-corrected chi connectivity index (χ2v) is 6.26. The molecular weight excluding hydrogens is 278 g/mol. The van der Waals surface area contributed by atoms with E-state index in [1.54, 1.807) is 18.2 Å². The number of fused-ring (bicyclic) bond motifs is 1. The first-order valence-electron chi connectivity index (χ1n) is 7.91. The summed E-state index contributed by atoms with van der Waals surface area (Å²) in [5.41, 5.74) is 2.76. The molecule has 118 valence electrons. The Kier molecular flexibility index (Phi) is 4.57. The minimum Gasteiger partial charge on any atom is -0.505 e. The Morgan fingerprint density at radius 3 is 2.73 bits per heavy atom. The summed E-state index contributed by atoms with van der Waals surface area (Å²) >= 11 is 0. The number of phenols is 1. The van der Waals surface area contributed by atoms with Crippen molar-refractivity contribution in [3.8, 4) is 5.75 Å². The van der Waals surface area contributed by atoms with E-state index in [-0.39, 0.29) is 0 Å². The highest BCUT2D eigenvalue weighted by Gasteiger charge is 2.22. The normalized spacial score (nSPS) is 22.1. The van der Waals surface area contributed by atoms with Gasteiger partial charge in [0.05, 0.1) is 19.2 Å². The van der Waals surface area contributed by atoms with Gasteiger partial charge in [0.2, 0.25) is 0 Å². The highest BCUT2D eigenvalue weighted by atomic mass is 16.5. The zero-order valence-electron chi connectivity index (χ0n) is 13.4. The van der Waals surface area contributed by atoms with E-state index in [1.165, 1.54) is 18.0 Å². The lowest BCUT2D eigenvalue weighted by Crippen LogP contribution is -3.26. The van der Waals surface area contributed by atoms with Crippen LogP contribution < -0.4 is 9.80 Å². The second-order valence-electron chi connectivity index (χ2n) is 6.26. The van der Waals surface area contributed by atoms with Crippen molar-refractivity contribution in [3.05, 3.63) is 35.5 Å². The van der Waals surface area contributed by atoms with Gasteiger partial charge in [0.15, 0.2) is 5.75 Å². The lowest BCUT2D eigenvalue weighted by atomic mass is 10.0. The van der Waals surface area contributed by atoms with E-state index in [0.717, 1.165) is 36.1 Å². The molecule has 0 spiro atoms. The molecule has 0 unspecified atom stereocenters. The molecule has 0 aliphatic carbocycles. The van der Waals surface area contributed by atoms with Crippen LogP contribution in [0.25, 0.3) is 10.9 Å². The van der Waals surface area contributed by atoms with Crippen LogP contribution in [0.3, 0.4) is 0 Å². The van der Waals surface area contributed by atoms with Gasteiger partial charge in [0.25, 0.3) is 0 Å². The number of quaternary nitrogens is 2. The summed E-state index contributed by atoms with van der Waals surface area (Å²) in [5, 5.41) is 11.6. The van der Waals surface area contributed by atoms with Crippen LogP contribution in [0.5, 0.6) is 5.75 Å². The minimum atomic E-state index is 0.328. The van der Waals surface area contributed by atoms with E-state index >= 15 is 0 Å². The van der Waals surface area contributed by atoms with Crippen LogP contribution in [0.1, 0.15) is 11.1 Å². The van der Waals surface area contributed by atoms with Gasteiger partial charge in [-0.3, -0.25) is 4.98 Å². The predicted octanol–water partition coefficient (Wildman–Crippen LogP) is -1.000. The molecule has 1 aromatic heterocycles. The molecule has 0 amide bonds. The van der Waals surface area contributed by atoms with E-state index in [0.29, 0.717) is 17.9 Å². The Bertz CT molecular complexity index is 652. The average molecular weight is 303 g/mol. The molecule has 5 heteroatoms. The Labute approximate surface area is 131 Å². The largest absolute Gasteiger partial charge is 0.505 e. The van der Waals surface area contributed by atoms with Gasteiger partial charge in [-0.05, 0) is 17.7 Å². The average Bonchev–Trinajstić information content (AvgIpc) is 2.54. The Balaban J connectivity index is 1.93. The van der Waals surface area contributed by atoms with E-state index in [1.807, 2.05) is 12.1 Å². The highest BCUT2D eigenvalue weighted by molar-refractivity contribution is 5.88. The predicted molar refractivity (Wildman–Crippen MR) is 85.1 cm³/mol. The number of ether oxygens (including phenoxy) is 1. The number of benzene rings is 1. The number of nitrogens with one attached hydrogen (secondary N) is 2. The molecule has 0 saturated carbocycles. The molecule has 3 rings (SSSR count). The fourth-order valence-electron chi connectivity index (χ4n) is 3.25. The van der Waals surface area contributed by atoms with Gasteiger partial charge in [-0.2, -0.15) is 0 Å². The maximum atomic E-state index is 10.6. The lowest BCUT2D eigenvalue weighted by Gasteiger charge is -2.27. The maximum absolute atomic E-state index is 10.6. The number of likely N-dealkylation sites (N-methyl/N-ethyl adjacent to an activating group) is 1. The SMILES string of the molecule is COCc1cc(C[NH+]2CC[NH+](C)CC2)c(O)c2ncccc12. The molecule has 1 saturated heterocycles. The first kappa shape index (κ1) is 15.2. The fraction of sp³-hybridized carbons (Fsp3) is 0.471. The number of pyridine rings is 1. The lowest BCUT2D eigenvalue weighted by molar-refractivity contribution is -1.01. The van der Waals surface area contributed by atoms with Crippen molar-refractivity contribution in [1.29, 1.82) is 0 Å². The van der Waals surface area contributed by atoms with Crippen molar-refractivity contribution < 1.29 is 19.6 Å². The first-order chi connectivity index (χ1) is 10.7. The molecule has 5 nitrogen and oxygen atoms in total. The summed E-state index contributed by atoms with van der Waals surface area (Å²) in [7, 11) is 3.94. The van der Waals surface area contributed by atoms with Crippen LogP contribution in [0.4, 0.5) is 0 Å². The number of hydrogen-bond acceptors (Lipinski definition) is 3. The third kappa shape index (κ3) is 3.06. The standard InChI is InChI=1S/C17H23N3O2/c1-19-6-8-20(9-7-19)11-13-10-14(12-22-2)15-4-3-5-18-16(15)17(13)21/h3-5,10,21H,6-9,11-12H2,1-2H3/p+2. The molecule has 1 aliphatic heterocycles. The van der Waals surface area contributed by atoms with Crippen molar-refractivity contribution >= 4 is 10.9 Å². The summed E-state index contributed by atoms with van der Waals surface area (Å²) in [5.74, 6) is 0.328.